The van der Waals surface area contributed by atoms with Gasteiger partial charge in [0.25, 0.3) is 0 Å². The Kier molecular flexibility index (Phi) is 9.86. The quantitative estimate of drug-likeness (QED) is 0.441. The van der Waals surface area contributed by atoms with Gasteiger partial charge < -0.3 is 19.9 Å². The van der Waals surface area contributed by atoms with E-state index in [1.165, 1.54) is 0 Å². The number of pyridine rings is 1. The summed E-state index contributed by atoms with van der Waals surface area (Å²) in [6.45, 7) is -0.830. The molecule has 1 unspecified atom stereocenters. The molecule has 0 spiro atoms. The van der Waals surface area contributed by atoms with E-state index in [1.807, 2.05) is 0 Å². The van der Waals surface area contributed by atoms with Gasteiger partial charge in [-0.1, -0.05) is 0 Å². The van der Waals surface area contributed by atoms with Gasteiger partial charge in [-0.05, 0) is 19.0 Å². The first-order valence-electron chi connectivity index (χ1n) is 8.85. The van der Waals surface area contributed by atoms with Gasteiger partial charge in [0.15, 0.2) is 6.61 Å². The van der Waals surface area contributed by atoms with Gasteiger partial charge in [0, 0.05) is 19.2 Å². The molecule has 0 radical (unpaired) electrons. The Morgan fingerprint density at radius 1 is 1.24 bits per heavy atom. The number of aromatic nitrogens is 1. The van der Waals surface area contributed by atoms with Crippen molar-refractivity contribution in [3.8, 4) is 5.88 Å². The number of ether oxygens (including phenoxy) is 2. The monoisotopic (exact) mass is 511 g/mol. The van der Waals surface area contributed by atoms with Crippen LogP contribution in [0.4, 0.5) is 26.3 Å². The lowest BCUT2D eigenvalue weighted by Gasteiger charge is -2.26. The van der Waals surface area contributed by atoms with Crippen LogP contribution in [-0.2, 0) is 24.3 Å². The summed E-state index contributed by atoms with van der Waals surface area (Å²) in [5, 5.41) is 10.1. The van der Waals surface area contributed by atoms with E-state index in [0.717, 1.165) is 29.7 Å². The molecule has 1 aromatic heterocycles. The minimum atomic E-state index is -5.08. The molecule has 2 rings (SSSR count). The molecule has 2 N–H and O–H groups in total. The topological polar surface area (TPSA) is 135 Å². The van der Waals surface area contributed by atoms with Crippen LogP contribution in [0.1, 0.15) is 6.42 Å². The first-order chi connectivity index (χ1) is 15.1. The fourth-order valence-corrected chi connectivity index (χ4v) is 3.94. The van der Waals surface area contributed by atoms with E-state index in [0.29, 0.717) is 13.0 Å². The second-order valence-corrected chi connectivity index (χ2v) is 8.14. The number of hydrogen-bond acceptors (Lipinski definition) is 8. The number of rotatable bonds is 5. The number of carboxylic acids is 1. The third-order valence-electron chi connectivity index (χ3n) is 3.83. The maximum Gasteiger partial charge on any atom is 0.490 e. The third-order valence-corrected chi connectivity index (χ3v) is 5.72. The van der Waals surface area contributed by atoms with Crippen molar-refractivity contribution in [3.05, 3.63) is 18.3 Å². The number of halogens is 6. The van der Waals surface area contributed by atoms with E-state index in [2.05, 4.69) is 19.8 Å². The summed E-state index contributed by atoms with van der Waals surface area (Å²) in [6.07, 6.45) is -8.24. The van der Waals surface area contributed by atoms with Crippen LogP contribution in [0.15, 0.2) is 23.2 Å². The van der Waals surface area contributed by atoms with Crippen molar-refractivity contribution in [1.82, 2.24) is 14.6 Å². The highest BCUT2D eigenvalue weighted by Gasteiger charge is 2.39. The summed E-state index contributed by atoms with van der Waals surface area (Å²) in [4.78, 5) is 24.2. The van der Waals surface area contributed by atoms with Crippen LogP contribution in [0.25, 0.3) is 0 Å². The highest BCUT2D eigenvalue weighted by Crippen LogP contribution is 2.22. The summed E-state index contributed by atoms with van der Waals surface area (Å²) in [6, 6.07) is 1.07. The average molecular weight is 511 g/mol. The Morgan fingerprint density at radius 2 is 1.85 bits per heavy atom. The van der Waals surface area contributed by atoms with Crippen LogP contribution in [0.3, 0.4) is 0 Å². The van der Waals surface area contributed by atoms with Crippen molar-refractivity contribution < 1.29 is 58.9 Å². The molecular formula is C16H19F6N3O7S. The number of sulfonamides is 1. The van der Waals surface area contributed by atoms with Crippen LogP contribution in [0.2, 0.25) is 0 Å². The van der Waals surface area contributed by atoms with E-state index < -0.39 is 47.0 Å². The molecule has 0 bridgehead atoms. The highest BCUT2D eigenvalue weighted by molar-refractivity contribution is 7.89. The molecule has 188 valence electrons. The fraction of sp³-hybridized carbons (Fsp3) is 0.562. The highest BCUT2D eigenvalue weighted by atomic mass is 32.2. The Balaban J connectivity index is 0.000000675. The third kappa shape index (κ3) is 9.01. The van der Waals surface area contributed by atoms with Crippen molar-refractivity contribution in [2.75, 3.05) is 33.4 Å². The van der Waals surface area contributed by atoms with E-state index in [4.69, 9.17) is 9.90 Å². The molecule has 1 aliphatic heterocycles. The lowest BCUT2D eigenvalue weighted by Crippen LogP contribution is -2.48. The van der Waals surface area contributed by atoms with E-state index in [-0.39, 0.29) is 23.9 Å². The Labute approximate surface area is 183 Å². The SMILES string of the molecule is COC(=O)C1CNCCCN1S(=O)(=O)c1ccc(OCC(F)(F)F)nc1.O=C(O)C(F)(F)F. The molecule has 1 atom stereocenters. The van der Waals surface area contributed by atoms with Crippen LogP contribution in [0, 0.1) is 0 Å². The molecule has 1 aromatic rings. The molecular weight excluding hydrogens is 492 g/mol. The van der Waals surface area contributed by atoms with Gasteiger partial charge in [-0.3, -0.25) is 4.79 Å². The smallest absolute Gasteiger partial charge is 0.475 e. The van der Waals surface area contributed by atoms with Crippen LogP contribution < -0.4 is 10.1 Å². The summed E-state index contributed by atoms with van der Waals surface area (Å²) in [5.41, 5.74) is 0. The number of nitrogens with zero attached hydrogens (tertiary/aromatic N) is 2. The Bertz CT molecular complexity index is 907. The van der Waals surface area contributed by atoms with Gasteiger partial charge in [-0.15, -0.1) is 0 Å². The number of nitrogens with one attached hydrogen (secondary N) is 1. The summed E-state index contributed by atoms with van der Waals surface area (Å²) in [7, 11) is -2.94. The van der Waals surface area contributed by atoms with Crippen molar-refractivity contribution in [2.24, 2.45) is 0 Å². The molecule has 2 heterocycles. The largest absolute Gasteiger partial charge is 0.490 e. The van der Waals surface area contributed by atoms with Gasteiger partial charge in [0.1, 0.15) is 10.9 Å². The van der Waals surface area contributed by atoms with Crippen LogP contribution in [0.5, 0.6) is 5.88 Å². The first-order valence-corrected chi connectivity index (χ1v) is 10.3. The zero-order valence-corrected chi connectivity index (χ0v) is 17.6. The molecule has 0 saturated carbocycles. The molecule has 33 heavy (non-hydrogen) atoms. The number of methoxy groups -OCH3 is 1. The van der Waals surface area contributed by atoms with Gasteiger partial charge in [-0.2, -0.15) is 30.6 Å². The number of alkyl halides is 6. The van der Waals surface area contributed by atoms with E-state index in [1.54, 1.807) is 0 Å². The lowest BCUT2D eigenvalue weighted by molar-refractivity contribution is -0.192. The molecule has 10 nitrogen and oxygen atoms in total. The minimum absolute atomic E-state index is 0.0847. The number of aliphatic carboxylic acids is 1. The molecule has 1 aliphatic rings. The summed E-state index contributed by atoms with van der Waals surface area (Å²) in [5.74, 6) is -3.82. The van der Waals surface area contributed by atoms with Gasteiger partial charge in [-0.25, -0.2) is 18.2 Å². The van der Waals surface area contributed by atoms with Crippen molar-refractivity contribution in [2.45, 2.75) is 29.7 Å². The van der Waals surface area contributed by atoms with Crippen molar-refractivity contribution in [1.29, 1.82) is 0 Å². The van der Waals surface area contributed by atoms with Crippen LogP contribution >= 0.6 is 0 Å². The Hall–Kier alpha value is -2.66. The average Bonchev–Trinajstić information content (AvgIpc) is 2.98. The van der Waals surface area contributed by atoms with Crippen molar-refractivity contribution >= 4 is 22.0 Å². The summed E-state index contributed by atoms with van der Waals surface area (Å²) >= 11 is 0. The standard InChI is InChI=1S/C14H18F3N3O5S.C2HF3O2/c1-24-13(21)11-8-18-5-2-6-20(11)26(22,23)10-3-4-12(19-7-10)25-9-14(15,16)17;3-2(4,5)1(6)7/h3-4,7,11,18H,2,5-6,8-9H2,1H3;(H,6,7). The van der Waals surface area contributed by atoms with E-state index >= 15 is 0 Å². The van der Waals surface area contributed by atoms with E-state index in [9.17, 15) is 39.6 Å². The number of carbonyl (C=O) groups excluding carboxylic acids is 1. The summed E-state index contributed by atoms with van der Waals surface area (Å²) < 4.78 is 104. The van der Waals surface area contributed by atoms with Gasteiger partial charge in [0.05, 0.1) is 13.3 Å². The van der Waals surface area contributed by atoms with Crippen LogP contribution in [-0.4, -0.2) is 86.5 Å². The van der Waals surface area contributed by atoms with Gasteiger partial charge in [0.2, 0.25) is 15.9 Å². The Morgan fingerprint density at radius 3 is 2.30 bits per heavy atom. The number of carboxylic acid groups (broad SMARTS) is 1. The fourth-order valence-electron chi connectivity index (χ4n) is 2.38. The van der Waals surface area contributed by atoms with Crippen molar-refractivity contribution in [3.63, 3.8) is 0 Å². The number of esters is 1. The second-order valence-electron chi connectivity index (χ2n) is 6.25. The molecule has 0 aromatic carbocycles. The molecule has 1 saturated heterocycles. The zero-order valence-electron chi connectivity index (χ0n) is 16.8. The predicted octanol–water partition coefficient (Wildman–Crippen LogP) is 1.18. The normalized spacial score (nSPS) is 17.8. The molecule has 1 fully saturated rings. The minimum Gasteiger partial charge on any atom is -0.475 e. The maximum atomic E-state index is 12.8. The number of carbonyl (C=O) groups is 2. The second kappa shape index (κ2) is 11.5. The maximum absolute atomic E-state index is 12.8. The lowest BCUT2D eigenvalue weighted by atomic mass is 10.3. The van der Waals surface area contributed by atoms with Gasteiger partial charge >= 0.3 is 24.3 Å². The molecule has 0 amide bonds. The number of hydrogen-bond donors (Lipinski definition) is 2. The zero-order chi connectivity index (χ0) is 25.4. The molecule has 0 aliphatic carbocycles. The predicted molar refractivity (Wildman–Crippen MR) is 96.7 cm³/mol. The first kappa shape index (κ1) is 28.4. The molecule has 17 heteroatoms.